The molecule has 0 bridgehead atoms. The predicted molar refractivity (Wildman–Crippen MR) is 241 cm³/mol. The zero-order valence-corrected chi connectivity index (χ0v) is 40.0. The first kappa shape index (κ1) is 54.4. The molecule has 7 aliphatic rings. The van der Waals surface area contributed by atoms with Crippen molar-refractivity contribution in [2.24, 2.45) is 28.7 Å². The van der Waals surface area contributed by atoms with Crippen LogP contribution in [0.2, 0.25) is 0 Å². The van der Waals surface area contributed by atoms with Gasteiger partial charge in [0.15, 0.2) is 11.1 Å². The minimum Gasteiger partial charge on any atom is -0.458 e. The van der Waals surface area contributed by atoms with Gasteiger partial charge in [-0.25, -0.2) is 9.59 Å². The molecule has 2 aliphatic carbocycles. The summed E-state index contributed by atoms with van der Waals surface area (Å²) in [6.45, 7) is 15.9. The lowest BCUT2D eigenvalue weighted by atomic mass is 9.64. The molecule has 63 heavy (non-hydrogen) atoms. The second-order valence-electron chi connectivity index (χ2n) is 18.9. The number of aliphatic imine (C=N–C) groups is 1. The van der Waals surface area contributed by atoms with Crippen molar-refractivity contribution in [1.29, 1.82) is 0 Å². The van der Waals surface area contributed by atoms with Crippen LogP contribution >= 0.6 is 11.6 Å². The summed E-state index contributed by atoms with van der Waals surface area (Å²) >= 11 is 5.76. The van der Waals surface area contributed by atoms with Crippen LogP contribution in [0.25, 0.3) is 0 Å². The summed E-state index contributed by atoms with van der Waals surface area (Å²) in [4.78, 5) is 53.7. The number of carbonyl (C=O) groups is 4. The van der Waals surface area contributed by atoms with Gasteiger partial charge in [-0.3, -0.25) is 9.59 Å². The lowest BCUT2D eigenvalue weighted by Crippen LogP contribution is -2.80. The number of aliphatic hydroxyl groups is 4. The second-order valence-corrected chi connectivity index (χ2v) is 19.3. The Morgan fingerprint density at radius 1 is 0.889 bits per heavy atom. The van der Waals surface area contributed by atoms with Gasteiger partial charge < -0.3 is 55.0 Å². The molecule has 0 saturated carbocycles. The largest absolute Gasteiger partial charge is 0.458 e. The van der Waals surface area contributed by atoms with Crippen LogP contribution in [0.4, 0.5) is 0 Å². The number of hydrogen-bond acceptors (Lipinski definition) is 13. The fourth-order valence-electron chi connectivity index (χ4n) is 9.48. The van der Waals surface area contributed by atoms with Crippen molar-refractivity contribution in [3.8, 4) is 0 Å². The average Bonchev–Trinajstić information content (AvgIpc) is 4.02. The minimum absolute atomic E-state index is 0.0173. The Morgan fingerprint density at radius 2 is 1.40 bits per heavy atom. The highest BCUT2D eigenvalue weighted by atomic mass is 35.5. The monoisotopic (exact) mass is 912 g/mol. The molecule has 5 heterocycles. The van der Waals surface area contributed by atoms with Crippen LogP contribution in [0, 0.1) is 23.7 Å². The zero-order valence-electron chi connectivity index (χ0n) is 39.2. The molecule has 360 valence electrons. The number of carbonyl (C=O) groups excluding carboxylic acids is 4. The Labute approximate surface area is 380 Å². The Bertz CT molecular complexity index is 1570. The van der Waals surface area contributed by atoms with Crippen LogP contribution in [0.15, 0.2) is 29.3 Å². The number of ether oxygens (including phenoxy) is 4. The van der Waals surface area contributed by atoms with Gasteiger partial charge >= 0.3 is 11.9 Å². The third-order valence-corrected chi connectivity index (χ3v) is 13.4. The van der Waals surface area contributed by atoms with Gasteiger partial charge in [-0.1, -0.05) is 24.3 Å². The smallest absolute Gasteiger partial charge is 0.339 e. The fraction of sp³-hybridized carbons (Fsp3) is 0.809. The molecule has 5 fully saturated rings. The molecule has 5 saturated heterocycles. The lowest BCUT2D eigenvalue weighted by Gasteiger charge is -2.54. The fourth-order valence-corrected chi connectivity index (χ4v) is 9.70. The van der Waals surface area contributed by atoms with Crippen LogP contribution in [0.5, 0.6) is 0 Å². The molecule has 0 aromatic rings. The van der Waals surface area contributed by atoms with E-state index in [-0.39, 0.29) is 24.9 Å². The third kappa shape index (κ3) is 12.5. The maximum Gasteiger partial charge on any atom is 0.339 e. The van der Waals surface area contributed by atoms with Crippen molar-refractivity contribution < 1.29 is 58.6 Å². The van der Waals surface area contributed by atoms with E-state index < -0.39 is 75.7 Å². The molecule has 16 heteroatoms. The van der Waals surface area contributed by atoms with Crippen molar-refractivity contribution in [2.75, 3.05) is 32.7 Å². The van der Waals surface area contributed by atoms with E-state index in [1.54, 1.807) is 41.0 Å². The van der Waals surface area contributed by atoms with Gasteiger partial charge in [0.1, 0.15) is 11.2 Å². The van der Waals surface area contributed by atoms with Gasteiger partial charge in [-0.05, 0) is 139 Å². The molecule has 5 aliphatic heterocycles. The maximum absolute atomic E-state index is 13.1. The number of amides is 2. The Hall–Kier alpha value is -2.92. The summed E-state index contributed by atoms with van der Waals surface area (Å²) in [6, 6.07) is 0. The van der Waals surface area contributed by atoms with Crippen molar-refractivity contribution >= 4 is 41.6 Å². The molecule has 0 spiro atoms. The highest BCUT2D eigenvalue weighted by Gasteiger charge is 2.79. The van der Waals surface area contributed by atoms with Crippen molar-refractivity contribution in [1.82, 2.24) is 10.6 Å². The van der Waals surface area contributed by atoms with Crippen molar-refractivity contribution in [2.45, 2.75) is 185 Å². The van der Waals surface area contributed by atoms with Crippen LogP contribution in [-0.4, -0.2) is 135 Å². The summed E-state index contributed by atoms with van der Waals surface area (Å²) in [5.74, 6) is -4.00. The van der Waals surface area contributed by atoms with E-state index in [1.807, 2.05) is 31.2 Å². The first-order chi connectivity index (χ1) is 29.6. The Kier molecular flexibility index (Phi) is 20.7. The first-order valence-corrected chi connectivity index (χ1v) is 23.5. The molecule has 0 aromatic heterocycles. The molecule has 12 atom stereocenters. The molecule has 6 N–H and O–H groups in total. The first-order valence-electron chi connectivity index (χ1n) is 22.9. The molecule has 2 amide bonds. The van der Waals surface area contributed by atoms with Gasteiger partial charge in [-0.2, -0.15) is 0 Å². The number of rotatable bonds is 9. The highest BCUT2D eigenvalue weighted by Crippen LogP contribution is 2.53. The number of esters is 2. The summed E-state index contributed by atoms with van der Waals surface area (Å²) in [5, 5.41) is 47.8. The molecular weight excluding hydrogens is 834 g/mol. The van der Waals surface area contributed by atoms with E-state index in [9.17, 15) is 39.6 Å². The number of allylic oxidation sites excluding steroid dienone is 2. The zero-order chi connectivity index (χ0) is 47.2. The second kappa shape index (κ2) is 24.0. The van der Waals surface area contributed by atoms with Gasteiger partial charge in [-0.15, -0.1) is 11.6 Å². The van der Waals surface area contributed by atoms with E-state index >= 15 is 0 Å². The van der Waals surface area contributed by atoms with E-state index in [1.165, 1.54) is 32.6 Å². The van der Waals surface area contributed by atoms with Crippen LogP contribution in [0.1, 0.15) is 132 Å². The van der Waals surface area contributed by atoms with Gasteiger partial charge in [0.05, 0.1) is 36.3 Å². The van der Waals surface area contributed by atoms with Crippen LogP contribution < -0.4 is 10.6 Å². The molecular formula is C47H78ClN3O12. The van der Waals surface area contributed by atoms with E-state index in [0.717, 1.165) is 45.3 Å². The Morgan fingerprint density at radius 3 is 1.76 bits per heavy atom. The molecule has 3 unspecified atom stereocenters. The number of hydrogen-bond donors (Lipinski definition) is 6. The number of nitrogens with one attached hydrogen (secondary N) is 2. The molecule has 7 rings (SSSR count). The summed E-state index contributed by atoms with van der Waals surface area (Å²) in [6.07, 6.45) is 18.8. The van der Waals surface area contributed by atoms with Crippen molar-refractivity contribution in [3.63, 3.8) is 0 Å². The third-order valence-electron chi connectivity index (χ3n) is 13.2. The van der Waals surface area contributed by atoms with E-state index in [4.69, 9.17) is 30.5 Å². The predicted octanol–water partition coefficient (Wildman–Crippen LogP) is 4.87. The standard InChI is InChI=1S/C19H31NO6.C15H20ClNO4.2C5H10O.C3H7N/c1-17(2,3)26-16(24)19(14(22)12-8-6-5-7-9-12)18(4,25)13(10-11-21)15(23)20-19;1-14-10(7-8-16)12(19)17-15(14,13(20)21-14)11(18)9-5-3-2-4-6-9;2*1-5-3-2-4-6-5;1-3-4-2/h6,8,12-14,21-22,25H,5,7,9-11H2,1-4H3,(H,20,23);3,5,9-11,18H,2,4,6-8H2,1H3,(H,17,19);2*5H,2-4H2,1H3;3H,1-2H3/t12-,13+,14+,18+,19+;9-,10+,11+,14+,15?;;;/m11.../s1. The van der Waals surface area contributed by atoms with Gasteiger partial charge in [0.2, 0.25) is 17.4 Å². The number of nitrogens with zero attached hydrogens (tertiary/aromatic N) is 1. The van der Waals surface area contributed by atoms with Crippen molar-refractivity contribution in [3.05, 3.63) is 24.3 Å². The molecule has 0 aromatic carbocycles. The van der Waals surface area contributed by atoms with Crippen LogP contribution in [0.3, 0.4) is 0 Å². The highest BCUT2D eigenvalue weighted by molar-refractivity contribution is 6.18. The summed E-state index contributed by atoms with van der Waals surface area (Å²) in [7, 11) is 1.75. The number of aliphatic hydroxyl groups excluding tert-OH is 3. The topological polar surface area (TPSA) is 223 Å². The summed E-state index contributed by atoms with van der Waals surface area (Å²) in [5.41, 5.74) is -7.11. The van der Waals surface area contributed by atoms with Gasteiger partial charge in [0.25, 0.3) is 0 Å². The summed E-state index contributed by atoms with van der Waals surface area (Å²) < 4.78 is 21.1. The SMILES string of the molecule is CC(C)(C)OC(=O)[C@]1([C@@H](O)[C@@H]2C=CCCC2)NC(=O)[C@H](CCO)[C@]1(C)O.CC1CCCO1.CC1CCCO1.CC=NC.C[C@@]12OC(=O)C1([C@@H](O)[C@@H]1C=CCCC1)NC(=O)[C@@H]2CCCl. The number of fused-ring (bicyclic) bond motifs is 1. The molecule has 0 radical (unpaired) electrons. The number of halogens is 1. The minimum atomic E-state index is -2.00. The lowest BCUT2D eigenvalue weighted by molar-refractivity contribution is -0.238. The Balaban J connectivity index is 0.000000250. The quantitative estimate of drug-likeness (QED) is 0.0790. The van der Waals surface area contributed by atoms with Gasteiger partial charge in [0, 0.05) is 44.6 Å². The number of alkyl halides is 1. The maximum atomic E-state index is 13.1. The van der Waals surface area contributed by atoms with E-state index in [2.05, 4.69) is 29.5 Å². The van der Waals surface area contributed by atoms with E-state index in [0.29, 0.717) is 30.9 Å². The normalized spacial score (nSPS) is 36.3. The average molecular weight is 913 g/mol. The van der Waals surface area contributed by atoms with Crippen LogP contribution in [-0.2, 0) is 38.1 Å². The molecule has 15 nitrogen and oxygen atoms in total.